The molecule has 1 fully saturated rings. The van der Waals surface area contributed by atoms with Crippen molar-refractivity contribution in [1.82, 2.24) is 0 Å². The minimum Gasteiger partial charge on any atom is -0.468 e. The lowest BCUT2D eigenvalue weighted by Crippen LogP contribution is -2.25. The molecule has 21 heavy (non-hydrogen) atoms. The summed E-state index contributed by atoms with van der Waals surface area (Å²) in [6.07, 6.45) is 7.71. The number of hydrogen-bond acceptors (Lipinski definition) is 5. The molecule has 1 rings (SSSR count). The molecular formula is C16H28O5. The second-order valence-corrected chi connectivity index (χ2v) is 5.72. The molecule has 0 heterocycles. The maximum atomic E-state index is 11.9. The molecule has 0 radical (unpaired) electrons. The quantitative estimate of drug-likeness (QED) is 0.333. The predicted octanol–water partition coefficient (Wildman–Crippen LogP) is 2.72. The van der Waals surface area contributed by atoms with Crippen molar-refractivity contribution in [2.24, 2.45) is 11.8 Å². The van der Waals surface area contributed by atoms with E-state index in [2.05, 4.69) is 4.74 Å². The molecular weight excluding hydrogens is 272 g/mol. The standard InChI is InChI=1S/C16H28O5/c1-19-12-14-6-8-15(9-7-14)16(18)21-11-5-3-2-4-10-20-13-17/h13-15H,2-12H2,1H3. The number of unbranched alkanes of at least 4 members (excludes halogenated alkanes) is 3. The van der Waals surface area contributed by atoms with Gasteiger partial charge in [-0.1, -0.05) is 0 Å². The third-order valence-corrected chi connectivity index (χ3v) is 4.05. The molecule has 1 aliphatic rings. The molecule has 0 atom stereocenters. The minimum atomic E-state index is -0.0323. The van der Waals surface area contributed by atoms with Gasteiger partial charge in [0.15, 0.2) is 0 Å². The van der Waals surface area contributed by atoms with Gasteiger partial charge in [0.05, 0.1) is 19.1 Å². The zero-order chi connectivity index (χ0) is 15.3. The first kappa shape index (κ1) is 18.0. The van der Waals surface area contributed by atoms with Crippen LogP contribution in [-0.4, -0.2) is 39.4 Å². The second-order valence-electron chi connectivity index (χ2n) is 5.72. The van der Waals surface area contributed by atoms with E-state index < -0.39 is 0 Å². The van der Waals surface area contributed by atoms with E-state index in [1.807, 2.05) is 0 Å². The Bertz CT molecular complexity index is 284. The molecule has 5 heteroatoms. The Balaban J connectivity index is 1.98. The van der Waals surface area contributed by atoms with E-state index in [0.29, 0.717) is 25.6 Å². The van der Waals surface area contributed by atoms with Crippen LogP contribution >= 0.6 is 0 Å². The largest absolute Gasteiger partial charge is 0.468 e. The number of methoxy groups -OCH3 is 1. The molecule has 0 aliphatic heterocycles. The van der Waals surface area contributed by atoms with Crippen molar-refractivity contribution in [3.05, 3.63) is 0 Å². The highest BCUT2D eigenvalue weighted by Gasteiger charge is 2.27. The topological polar surface area (TPSA) is 61.8 Å². The summed E-state index contributed by atoms with van der Waals surface area (Å²) >= 11 is 0. The Labute approximate surface area is 127 Å². The zero-order valence-corrected chi connectivity index (χ0v) is 13.1. The Kier molecular flexibility index (Phi) is 9.87. The lowest BCUT2D eigenvalue weighted by atomic mass is 9.82. The Morgan fingerprint density at radius 1 is 1.05 bits per heavy atom. The van der Waals surface area contributed by atoms with E-state index in [1.165, 1.54) is 0 Å². The van der Waals surface area contributed by atoms with Crippen molar-refractivity contribution in [1.29, 1.82) is 0 Å². The minimum absolute atomic E-state index is 0.0323. The first-order chi connectivity index (χ1) is 10.3. The van der Waals surface area contributed by atoms with Gasteiger partial charge in [0, 0.05) is 13.7 Å². The van der Waals surface area contributed by atoms with E-state index in [1.54, 1.807) is 7.11 Å². The second kappa shape index (κ2) is 11.5. The van der Waals surface area contributed by atoms with Crippen molar-refractivity contribution in [3.8, 4) is 0 Å². The lowest BCUT2D eigenvalue weighted by molar-refractivity contribution is -0.150. The van der Waals surface area contributed by atoms with Crippen LogP contribution in [0.15, 0.2) is 0 Å². The highest BCUT2D eigenvalue weighted by atomic mass is 16.5. The van der Waals surface area contributed by atoms with Gasteiger partial charge in [-0.15, -0.1) is 0 Å². The van der Waals surface area contributed by atoms with Crippen molar-refractivity contribution in [3.63, 3.8) is 0 Å². The Morgan fingerprint density at radius 2 is 1.71 bits per heavy atom. The SMILES string of the molecule is COCC1CCC(C(=O)OCCCCCCOC=O)CC1. The Morgan fingerprint density at radius 3 is 2.33 bits per heavy atom. The fraction of sp³-hybridized carbons (Fsp3) is 0.875. The van der Waals surface area contributed by atoms with Crippen LogP contribution in [0.4, 0.5) is 0 Å². The molecule has 0 aromatic heterocycles. The average molecular weight is 300 g/mol. The van der Waals surface area contributed by atoms with Crippen molar-refractivity contribution < 1.29 is 23.8 Å². The molecule has 5 nitrogen and oxygen atoms in total. The number of carbonyl (C=O) groups is 2. The molecule has 0 spiro atoms. The third kappa shape index (κ3) is 8.05. The first-order valence-corrected chi connectivity index (χ1v) is 7.98. The highest BCUT2D eigenvalue weighted by molar-refractivity contribution is 5.72. The molecule has 122 valence electrons. The van der Waals surface area contributed by atoms with Crippen LogP contribution in [0.25, 0.3) is 0 Å². The number of carbonyl (C=O) groups excluding carboxylic acids is 2. The predicted molar refractivity (Wildman–Crippen MR) is 78.8 cm³/mol. The molecule has 1 saturated carbocycles. The van der Waals surface area contributed by atoms with Crippen molar-refractivity contribution in [2.45, 2.75) is 51.4 Å². The summed E-state index contributed by atoms with van der Waals surface area (Å²) in [6, 6.07) is 0. The normalized spacial score (nSPS) is 21.8. The van der Waals surface area contributed by atoms with Crippen LogP contribution in [0.5, 0.6) is 0 Å². The van der Waals surface area contributed by atoms with Crippen LogP contribution in [0.1, 0.15) is 51.4 Å². The number of ether oxygens (including phenoxy) is 3. The van der Waals surface area contributed by atoms with Gasteiger partial charge in [0.25, 0.3) is 6.47 Å². The summed E-state index contributed by atoms with van der Waals surface area (Å²) in [6.45, 7) is 2.26. The maximum absolute atomic E-state index is 11.9. The van der Waals surface area contributed by atoms with Gasteiger partial charge in [-0.2, -0.15) is 0 Å². The van der Waals surface area contributed by atoms with Crippen molar-refractivity contribution >= 4 is 12.4 Å². The van der Waals surface area contributed by atoms with Crippen LogP contribution in [0, 0.1) is 11.8 Å². The maximum Gasteiger partial charge on any atom is 0.308 e. The van der Waals surface area contributed by atoms with Crippen LogP contribution in [0.2, 0.25) is 0 Å². The lowest BCUT2D eigenvalue weighted by Gasteiger charge is -2.26. The van der Waals surface area contributed by atoms with E-state index >= 15 is 0 Å². The highest BCUT2D eigenvalue weighted by Crippen LogP contribution is 2.29. The molecule has 1 aliphatic carbocycles. The smallest absolute Gasteiger partial charge is 0.308 e. The van der Waals surface area contributed by atoms with Crippen LogP contribution in [0.3, 0.4) is 0 Å². The van der Waals surface area contributed by atoms with Gasteiger partial charge in [-0.05, 0) is 57.3 Å². The zero-order valence-electron chi connectivity index (χ0n) is 13.1. The summed E-state index contributed by atoms with van der Waals surface area (Å²) in [5.74, 6) is 0.655. The molecule has 0 aromatic rings. The Hall–Kier alpha value is -1.10. The van der Waals surface area contributed by atoms with Gasteiger partial charge in [0.2, 0.25) is 0 Å². The summed E-state index contributed by atoms with van der Waals surface area (Å²) in [7, 11) is 1.73. The summed E-state index contributed by atoms with van der Waals surface area (Å²) in [4.78, 5) is 21.9. The van der Waals surface area contributed by atoms with E-state index in [0.717, 1.165) is 58.0 Å². The molecule has 0 amide bonds. The number of rotatable bonds is 11. The van der Waals surface area contributed by atoms with Crippen molar-refractivity contribution in [2.75, 3.05) is 26.9 Å². The molecule has 0 unspecified atom stereocenters. The molecule has 0 bridgehead atoms. The van der Waals surface area contributed by atoms with E-state index in [9.17, 15) is 9.59 Å². The molecule has 0 N–H and O–H groups in total. The molecule has 0 aromatic carbocycles. The van der Waals surface area contributed by atoms with Gasteiger partial charge in [0.1, 0.15) is 0 Å². The monoisotopic (exact) mass is 300 g/mol. The van der Waals surface area contributed by atoms with Gasteiger partial charge < -0.3 is 14.2 Å². The van der Waals surface area contributed by atoms with Gasteiger partial charge in [-0.25, -0.2) is 0 Å². The fourth-order valence-electron chi connectivity index (χ4n) is 2.78. The average Bonchev–Trinajstić information content (AvgIpc) is 2.51. The van der Waals surface area contributed by atoms with E-state index in [-0.39, 0.29) is 11.9 Å². The summed E-state index contributed by atoms with van der Waals surface area (Å²) in [5, 5.41) is 0. The fourth-order valence-corrected chi connectivity index (χ4v) is 2.78. The summed E-state index contributed by atoms with van der Waals surface area (Å²) < 4.78 is 15.1. The van der Waals surface area contributed by atoms with Crippen LogP contribution in [-0.2, 0) is 23.8 Å². The van der Waals surface area contributed by atoms with Gasteiger partial charge >= 0.3 is 5.97 Å². The first-order valence-electron chi connectivity index (χ1n) is 7.98. The van der Waals surface area contributed by atoms with E-state index in [4.69, 9.17) is 9.47 Å². The summed E-state index contributed by atoms with van der Waals surface area (Å²) in [5.41, 5.74) is 0. The third-order valence-electron chi connectivity index (χ3n) is 4.05. The number of hydrogen-bond donors (Lipinski definition) is 0. The number of esters is 1. The van der Waals surface area contributed by atoms with Crippen LogP contribution < -0.4 is 0 Å². The van der Waals surface area contributed by atoms with Gasteiger partial charge in [-0.3, -0.25) is 9.59 Å². The molecule has 0 saturated heterocycles.